The molecular weight excluding hydrogens is 304 g/mol. The van der Waals surface area contributed by atoms with Gasteiger partial charge >= 0.3 is 0 Å². The van der Waals surface area contributed by atoms with Gasteiger partial charge < -0.3 is 14.6 Å². The number of rotatable bonds is 1. The minimum absolute atomic E-state index is 0.0204. The number of hydrogen-bond donors (Lipinski definition) is 1. The molecule has 2 fully saturated rings. The van der Waals surface area contributed by atoms with Gasteiger partial charge in [0.25, 0.3) is 0 Å². The third-order valence-electron chi connectivity index (χ3n) is 6.71. The van der Waals surface area contributed by atoms with E-state index < -0.39 is 11.7 Å². The van der Waals surface area contributed by atoms with E-state index in [1.165, 1.54) is 0 Å². The normalized spacial score (nSPS) is 48.8. The average Bonchev–Trinajstić information content (AvgIpc) is 2.96. The first-order chi connectivity index (χ1) is 11.1. The largest absolute Gasteiger partial charge is 0.390 e. The zero-order chi connectivity index (χ0) is 17.8. The van der Waals surface area contributed by atoms with Crippen molar-refractivity contribution in [1.82, 2.24) is 0 Å². The Morgan fingerprint density at radius 1 is 1.21 bits per heavy atom. The molecule has 0 radical (unpaired) electrons. The lowest BCUT2D eigenvalue weighted by molar-refractivity contribution is -0.169. The number of allylic oxidation sites excluding steroid dienone is 2. The summed E-state index contributed by atoms with van der Waals surface area (Å²) in [5, 5.41) is 10.7. The lowest BCUT2D eigenvalue weighted by Crippen LogP contribution is -2.46. The predicted molar refractivity (Wildman–Crippen MR) is 92.8 cm³/mol. The molecule has 0 spiro atoms. The summed E-state index contributed by atoms with van der Waals surface area (Å²) < 4.78 is 12.6. The van der Waals surface area contributed by atoms with E-state index in [0.29, 0.717) is 5.92 Å². The number of aliphatic hydroxyl groups is 1. The minimum Gasteiger partial charge on any atom is -0.390 e. The van der Waals surface area contributed by atoms with Gasteiger partial charge in [0.2, 0.25) is 0 Å². The smallest absolute Gasteiger partial charge is 0.160 e. The molecule has 2 bridgehead atoms. The van der Waals surface area contributed by atoms with Crippen LogP contribution in [0.4, 0.5) is 0 Å². The lowest BCUT2D eigenvalue weighted by atomic mass is 9.80. The zero-order valence-electron chi connectivity index (χ0n) is 15.7. The van der Waals surface area contributed by atoms with E-state index in [4.69, 9.17) is 9.47 Å². The molecule has 4 nitrogen and oxygen atoms in total. The molecule has 24 heavy (non-hydrogen) atoms. The Morgan fingerprint density at radius 2 is 1.92 bits per heavy atom. The van der Waals surface area contributed by atoms with Crippen LogP contribution in [0, 0.1) is 5.92 Å². The molecule has 2 saturated heterocycles. The second-order valence-corrected chi connectivity index (χ2v) is 8.83. The number of hydrogen-bond acceptors (Lipinski definition) is 4. The number of carbonyl (C=O) groups excluding carboxylic acids is 1. The fourth-order valence-corrected chi connectivity index (χ4v) is 4.37. The number of fused-ring (bicyclic) bond motifs is 3. The Kier molecular flexibility index (Phi) is 4.47. The molecule has 5 atom stereocenters. The zero-order valence-corrected chi connectivity index (χ0v) is 15.7. The summed E-state index contributed by atoms with van der Waals surface area (Å²) in [6.45, 7) is 10.3. The highest BCUT2D eigenvalue weighted by Crippen LogP contribution is 2.53. The van der Waals surface area contributed by atoms with Gasteiger partial charge in [-0.2, -0.15) is 0 Å². The topological polar surface area (TPSA) is 59.1 Å². The molecule has 1 N–H and O–H groups in total. The van der Waals surface area contributed by atoms with Crippen molar-refractivity contribution in [2.45, 2.75) is 102 Å². The number of ether oxygens (including phenoxy) is 2. The second-order valence-electron chi connectivity index (χ2n) is 8.83. The van der Waals surface area contributed by atoms with Crippen LogP contribution in [-0.2, 0) is 14.3 Å². The average molecular weight is 336 g/mol. The van der Waals surface area contributed by atoms with E-state index in [0.717, 1.165) is 37.7 Å². The molecule has 0 aromatic heterocycles. The van der Waals surface area contributed by atoms with E-state index in [-0.39, 0.29) is 29.5 Å². The minimum atomic E-state index is -0.763. The van der Waals surface area contributed by atoms with Crippen molar-refractivity contribution in [3.8, 4) is 0 Å². The van der Waals surface area contributed by atoms with Crippen molar-refractivity contribution < 1.29 is 19.4 Å². The van der Waals surface area contributed by atoms with Crippen LogP contribution in [0.25, 0.3) is 0 Å². The Labute approximate surface area is 145 Å². The second kappa shape index (κ2) is 5.93. The van der Waals surface area contributed by atoms with Gasteiger partial charge in [0, 0.05) is 12.8 Å². The molecule has 0 amide bonds. The summed E-state index contributed by atoms with van der Waals surface area (Å²) in [6.07, 6.45) is 5.93. The van der Waals surface area contributed by atoms with Gasteiger partial charge in [0.1, 0.15) is 0 Å². The third-order valence-corrected chi connectivity index (χ3v) is 6.71. The van der Waals surface area contributed by atoms with Gasteiger partial charge in [-0.15, -0.1) is 0 Å². The first kappa shape index (κ1) is 18.1. The number of ketones is 1. The monoisotopic (exact) mass is 336 g/mol. The van der Waals surface area contributed by atoms with Gasteiger partial charge in [-0.1, -0.05) is 19.9 Å². The number of carbonyl (C=O) groups is 1. The SMILES string of the molecule is C/C1=C\CC[C@@]2(C)O[C@@H]2C[C@]2(C(C)C)CC[C@@](C)(O2)[C@H](O)CC1=O. The highest BCUT2D eigenvalue weighted by Gasteiger charge is 2.59. The van der Waals surface area contributed by atoms with Crippen LogP contribution in [0.3, 0.4) is 0 Å². The molecule has 0 unspecified atom stereocenters. The molecule has 3 rings (SSSR count). The van der Waals surface area contributed by atoms with Gasteiger partial charge in [0.15, 0.2) is 5.78 Å². The van der Waals surface area contributed by atoms with Crippen molar-refractivity contribution >= 4 is 5.78 Å². The molecule has 4 heteroatoms. The molecule has 0 aromatic rings. The lowest BCUT2D eigenvalue weighted by Gasteiger charge is -2.38. The van der Waals surface area contributed by atoms with E-state index in [1.807, 2.05) is 19.9 Å². The van der Waals surface area contributed by atoms with Crippen LogP contribution in [0.2, 0.25) is 0 Å². The van der Waals surface area contributed by atoms with Gasteiger partial charge in [-0.25, -0.2) is 0 Å². The predicted octanol–water partition coefficient (Wildman–Crippen LogP) is 3.56. The van der Waals surface area contributed by atoms with Crippen LogP contribution in [0.1, 0.15) is 73.1 Å². The van der Waals surface area contributed by atoms with E-state index >= 15 is 0 Å². The van der Waals surface area contributed by atoms with Crippen molar-refractivity contribution in [2.75, 3.05) is 0 Å². The maximum Gasteiger partial charge on any atom is 0.160 e. The highest BCUT2D eigenvalue weighted by atomic mass is 16.6. The van der Waals surface area contributed by atoms with Crippen LogP contribution in [0.5, 0.6) is 0 Å². The van der Waals surface area contributed by atoms with Crippen LogP contribution < -0.4 is 0 Å². The van der Waals surface area contributed by atoms with Crippen molar-refractivity contribution in [1.29, 1.82) is 0 Å². The Bertz CT molecular complexity index is 554. The summed E-state index contributed by atoms with van der Waals surface area (Å²) in [5.41, 5.74) is -0.278. The van der Waals surface area contributed by atoms with Crippen LogP contribution in [-0.4, -0.2) is 39.9 Å². The Hall–Kier alpha value is -0.710. The van der Waals surface area contributed by atoms with Crippen molar-refractivity contribution in [2.24, 2.45) is 5.92 Å². The van der Waals surface area contributed by atoms with Crippen LogP contribution in [0.15, 0.2) is 11.6 Å². The molecule has 0 aromatic carbocycles. The standard InChI is InChI=1S/C20H32O4/c1-13(2)20-10-9-18(4,24-20)16(22)11-15(21)14(3)7-6-8-19(5)17(12-20)23-19/h7,13,16-17,22H,6,8-12H2,1-5H3/b14-7+/t16-,17-,18-,19-,20+/m1/s1. The summed E-state index contributed by atoms with van der Waals surface area (Å²) in [5.74, 6) is 0.368. The first-order valence-electron chi connectivity index (χ1n) is 9.36. The Balaban J connectivity index is 1.90. The van der Waals surface area contributed by atoms with Gasteiger partial charge in [-0.3, -0.25) is 4.79 Å². The van der Waals surface area contributed by atoms with E-state index in [1.54, 1.807) is 0 Å². The molecule has 3 heterocycles. The maximum absolute atomic E-state index is 12.4. The summed E-state index contributed by atoms with van der Waals surface area (Å²) in [6, 6.07) is 0. The van der Waals surface area contributed by atoms with Crippen molar-refractivity contribution in [3.05, 3.63) is 11.6 Å². The summed E-state index contributed by atoms with van der Waals surface area (Å²) >= 11 is 0. The molecule has 136 valence electrons. The van der Waals surface area contributed by atoms with E-state index in [2.05, 4.69) is 20.8 Å². The molecule has 0 aliphatic carbocycles. The fourth-order valence-electron chi connectivity index (χ4n) is 4.37. The van der Waals surface area contributed by atoms with E-state index in [9.17, 15) is 9.90 Å². The number of aliphatic hydroxyl groups excluding tert-OH is 1. The molecule has 3 aliphatic rings. The number of epoxide rings is 1. The highest BCUT2D eigenvalue weighted by molar-refractivity contribution is 5.95. The third kappa shape index (κ3) is 3.09. The quantitative estimate of drug-likeness (QED) is 0.744. The van der Waals surface area contributed by atoms with Gasteiger partial charge in [0.05, 0.1) is 29.0 Å². The molecule has 0 saturated carbocycles. The van der Waals surface area contributed by atoms with Gasteiger partial charge in [-0.05, 0) is 57.9 Å². The summed E-state index contributed by atoms with van der Waals surface area (Å²) in [4.78, 5) is 12.4. The Morgan fingerprint density at radius 3 is 2.58 bits per heavy atom. The molecular formula is C20H32O4. The molecule has 3 aliphatic heterocycles. The first-order valence-corrected chi connectivity index (χ1v) is 9.36. The van der Waals surface area contributed by atoms with Crippen LogP contribution >= 0.6 is 0 Å². The number of Topliss-reactive ketones (excluding diaryl/α,β-unsaturated/α-hetero) is 1. The maximum atomic E-state index is 12.4. The fraction of sp³-hybridized carbons (Fsp3) is 0.850. The van der Waals surface area contributed by atoms with Crippen molar-refractivity contribution in [3.63, 3.8) is 0 Å². The summed E-state index contributed by atoms with van der Waals surface area (Å²) in [7, 11) is 0.